The Kier molecular flexibility index (Phi) is 6.46. The third-order valence-electron chi connectivity index (χ3n) is 5.44. The molecule has 0 N–H and O–H groups in total. The van der Waals surface area contributed by atoms with Gasteiger partial charge in [0.25, 0.3) is 5.56 Å². The number of fused-ring (bicyclic) bond motifs is 1. The molecule has 2 aromatic carbocycles. The summed E-state index contributed by atoms with van der Waals surface area (Å²) < 4.78 is 27.5. The number of ether oxygens (including phenoxy) is 2. The Morgan fingerprint density at radius 2 is 1.79 bits per heavy atom. The summed E-state index contributed by atoms with van der Waals surface area (Å²) in [5.41, 5.74) is 0.374. The van der Waals surface area contributed by atoms with Crippen molar-refractivity contribution in [1.82, 2.24) is 14.1 Å². The molecular weight excluding hydrogens is 449 g/mol. The quantitative estimate of drug-likeness (QED) is 0.413. The van der Waals surface area contributed by atoms with Crippen LogP contribution >= 0.6 is 11.6 Å². The van der Waals surface area contributed by atoms with Crippen LogP contribution in [0.1, 0.15) is 11.1 Å². The second-order valence-corrected chi connectivity index (χ2v) is 7.74. The van der Waals surface area contributed by atoms with Crippen LogP contribution in [0.15, 0.2) is 64.3 Å². The fraction of sp³-hybridized carbons (Fsp3) is 0.208. The normalized spacial score (nSPS) is 11.0. The van der Waals surface area contributed by atoms with Crippen LogP contribution in [-0.4, -0.2) is 28.3 Å². The Labute approximate surface area is 193 Å². The van der Waals surface area contributed by atoms with E-state index in [0.717, 1.165) is 10.1 Å². The molecule has 7 nitrogen and oxygen atoms in total. The van der Waals surface area contributed by atoms with Gasteiger partial charge in [-0.05, 0) is 48.4 Å². The molecule has 2 aromatic heterocycles. The predicted octanol–water partition coefficient (Wildman–Crippen LogP) is 3.66. The van der Waals surface area contributed by atoms with E-state index >= 15 is 0 Å². The molecule has 0 aliphatic carbocycles. The number of hydrogen-bond donors (Lipinski definition) is 0. The summed E-state index contributed by atoms with van der Waals surface area (Å²) >= 11 is 6.19. The van der Waals surface area contributed by atoms with Gasteiger partial charge in [-0.25, -0.2) is 14.2 Å². The van der Waals surface area contributed by atoms with E-state index in [9.17, 15) is 14.0 Å². The summed E-state index contributed by atoms with van der Waals surface area (Å²) in [4.78, 5) is 30.6. The van der Waals surface area contributed by atoms with Gasteiger partial charge in [0.1, 0.15) is 5.82 Å². The Morgan fingerprint density at radius 1 is 1.00 bits per heavy atom. The summed E-state index contributed by atoms with van der Waals surface area (Å²) in [6.45, 7) is -0.0339. The van der Waals surface area contributed by atoms with Crippen LogP contribution < -0.4 is 20.7 Å². The second-order valence-electron chi connectivity index (χ2n) is 7.34. The fourth-order valence-electron chi connectivity index (χ4n) is 3.71. The molecule has 0 saturated heterocycles. The maximum absolute atomic E-state index is 14.4. The lowest BCUT2D eigenvalue weighted by Crippen LogP contribution is -2.41. The molecule has 0 radical (unpaired) electrons. The van der Waals surface area contributed by atoms with Gasteiger partial charge in [-0.2, -0.15) is 0 Å². The van der Waals surface area contributed by atoms with Gasteiger partial charge in [0.2, 0.25) is 0 Å². The summed E-state index contributed by atoms with van der Waals surface area (Å²) in [7, 11) is 3.08. The molecule has 0 aliphatic heterocycles. The third kappa shape index (κ3) is 4.34. The largest absolute Gasteiger partial charge is 0.493 e. The van der Waals surface area contributed by atoms with Crippen LogP contribution in [0.3, 0.4) is 0 Å². The third-order valence-corrected chi connectivity index (χ3v) is 5.79. The average Bonchev–Trinajstić information content (AvgIpc) is 2.83. The van der Waals surface area contributed by atoms with Crippen LogP contribution in [0.25, 0.3) is 11.0 Å². The van der Waals surface area contributed by atoms with Crippen LogP contribution in [-0.2, 0) is 19.5 Å². The number of aryl methyl sites for hydroxylation is 1. The van der Waals surface area contributed by atoms with Crippen LogP contribution in [0.4, 0.5) is 4.39 Å². The molecule has 0 unspecified atom stereocenters. The molecule has 4 aromatic rings. The summed E-state index contributed by atoms with van der Waals surface area (Å²) in [5, 5.41) is 0.196. The molecule has 0 amide bonds. The molecule has 2 heterocycles. The topological polar surface area (TPSA) is 75.4 Å². The van der Waals surface area contributed by atoms with E-state index in [-0.39, 0.29) is 29.2 Å². The Balaban J connectivity index is 1.78. The first-order chi connectivity index (χ1) is 15.9. The highest BCUT2D eigenvalue weighted by Gasteiger charge is 2.17. The molecule has 4 rings (SSSR count). The molecule has 9 heteroatoms. The van der Waals surface area contributed by atoms with Gasteiger partial charge in [-0.3, -0.25) is 13.9 Å². The van der Waals surface area contributed by atoms with E-state index in [0.29, 0.717) is 23.4 Å². The smallest absolute Gasteiger partial charge is 0.331 e. The van der Waals surface area contributed by atoms with Gasteiger partial charge in [0.15, 0.2) is 17.0 Å². The number of pyridine rings is 1. The van der Waals surface area contributed by atoms with E-state index in [1.807, 2.05) is 6.07 Å². The van der Waals surface area contributed by atoms with Crippen molar-refractivity contribution >= 4 is 22.6 Å². The average molecular weight is 470 g/mol. The lowest BCUT2D eigenvalue weighted by Gasteiger charge is -2.15. The number of hydrogen-bond acceptors (Lipinski definition) is 5. The van der Waals surface area contributed by atoms with Gasteiger partial charge in [-0.15, -0.1) is 0 Å². The van der Waals surface area contributed by atoms with Crippen LogP contribution in [0.5, 0.6) is 11.5 Å². The minimum atomic E-state index is -0.569. The van der Waals surface area contributed by atoms with E-state index < -0.39 is 17.1 Å². The first-order valence-electron chi connectivity index (χ1n) is 10.2. The lowest BCUT2D eigenvalue weighted by molar-refractivity contribution is 0.354. The van der Waals surface area contributed by atoms with Crippen molar-refractivity contribution in [2.45, 2.75) is 19.5 Å². The van der Waals surface area contributed by atoms with Crippen molar-refractivity contribution in [3.63, 3.8) is 0 Å². The number of methoxy groups -OCH3 is 2. The Hall–Kier alpha value is -3.65. The maximum atomic E-state index is 14.4. The fourth-order valence-corrected chi connectivity index (χ4v) is 3.93. The number of nitrogens with zero attached hydrogens (tertiary/aromatic N) is 3. The first kappa shape index (κ1) is 22.5. The molecule has 33 heavy (non-hydrogen) atoms. The highest BCUT2D eigenvalue weighted by molar-refractivity contribution is 6.31. The van der Waals surface area contributed by atoms with Gasteiger partial charge in [0.05, 0.1) is 26.3 Å². The van der Waals surface area contributed by atoms with Crippen molar-refractivity contribution in [3.8, 4) is 11.5 Å². The lowest BCUT2D eigenvalue weighted by atomic mass is 10.1. The SMILES string of the molecule is COc1ccc(CCn2c(=O)c3ncccc3n(Cc3c(F)cccc3Cl)c2=O)cc1OC. The summed E-state index contributed by atoms with van der Waals surface area (Å²) in [6.07, 6.45) is 1.86. The minimum Gasteiger partial charge on any atom is -0.493 e. The molecule has 0 aliphatic rings. The van der Waals surface area contributed by atoms with Crippen molar-refractivity contribution in [3.05, 3.63) is 97.5 Å². The van der Waals surface area contributed by atoms with E-state index in [4.69, 9.17) is 21.1 Å². The zero-order valence-electron chi connectivity index (χ0n) is 18.0. The van der Waals surface area contributed by atoms with Crippen LogP contribution in [0.2, 0.25) is 5.02 Å². The van der Waals surface area contributed by atoms with E-state index in [1.165, 1.54) is 30.0 Å². The highest BCUT2D eigenvalue weighted by atomic mass is 35.5. The van der Waals surface area contributed by atoms with E-state index in [2.05, 4.69) is 4.98 Å². The summed E-state index contributed by atoms with van der Waals surface area (Å²) in [5.74, 6) is 0.598. The molecular formula is C24H21ClFN3O4. The number of aromatic nitrogens is 3. The zero-order chi connectivity index (χ0) is 23.5. The van der Waals surface area contributed by atoms with Gasteiger partial charge < -0.3 is 9.47 Å². The molecule has 0 bridgehead atoms. The van der Waals surface area contributed by atoms with Gasteiger partial charge in [0, 0.05) is 23.3 Å². The van der Waals surface area contributed by atoms with Crippen molar-refractivity contribution < 1.29 is 13.9 Å². The Morgan fingerprint density at radius 3 is 2.52 bits per heavy atom. The second kappa shape index (κ2) is 9.46. The van der Waals surface area contributed by atoms with Crippen molar-refractivity contribution in [2.75, 3.05) is 14.2 Å². The minimum absolute atomic E-state index is 0.102. The number of rotatable bonds is 7. The van der Waals surface area contributed by atoms with Crippen molar-refractivity contribution in [1.29, 1.82) is 0 Å². The molecule has 0 fully saturated rings. The zero-order valence-corrected chi connectivity index (χ0v) is 18.8. The number of benzene rings is 2. The highest BCUT2D eigenvalue weighted by Crippen LogP contribution is 2.27. The monoisotopic (exact) mass is 469 g/mol. The summed E-state index contributed by atoms with van der Waals surface area (Å²) in [6, 6.07) is 12.9. The standard InChI is InChI=1S/C24H21ClFN3O4/c1-32-20-9-8-15(13-21(20)33-2)10-12-28-23(30)22-19(7-4-11-27-22)29(24(28)31)14-16-17(25)5-3-6-18(16)26/h3-9,11,13H,10,12,14H2,1-2H3. The maximum Gasteiger partial charge on any atom is 0.331 e. The van der Waals surface area contributed by atoms with Crippen molar-refractivity contribution in [2.24, 2.45) is 0 Å². The molecule has 0 spiro atoms. The predicted molar refractivity (Wildman–Crippen MR) is 124 cm³/mol. The molecule has 170 valence electrons. The first-order valence-corrected chi connectivity index (χ1v) is 10.5. The van der Waals surface area contributed by atoms with E-state index in [1.54, 1.807) is 37.4 Å². The Bertz CT molecular complexity index is 1430. The molecule has 0 saturated carbocycles. The van der Waals surface area contributed by atoms with Crippen LogP contribution in [0, 0.1) is 5.82 Å². The molecule has 0 atom stereocenters. The van der Waals surface area contributed by atoms with Gasteiger partial charge >= 0.3 is 5.69 Å². The number of halogens is 2. The van der Waals surface area contributed by atoms with Gasteiger partial charge in [-0.1, -0.05) is 23.7 Å².